The molecule has 0 radical (unpaired) electrons. The molecule has 4 aliphatic heterocycles. The van der Waals surface area contributed by atoms with Gasteiger partial charge in [-0.25, -0.2) is 0 Å². The van der Waals surface area contributed by atoms with Gasteiger partial charge in [-0.3, -0.25) is 0 Å². The van der Waals surface area contributed by atoms with Gasteiger partial charge in [0, 0.05) is 99.4 Å². The lowest BCUT2D eigenvalue weighted by atomic mass is 9.30. The Labute approximate surface area is 588 Å². The highest BCUT2D eigenvalue weighted by Gasteiger charge is 2.49. The summed E-state index contributed by atoms with van der Waals surface area (Å²) < 4.78 is 12.4. The lowest BCUT2D eigenvalue weighted by molar-refractivity contribution is 0.487. The number of thiophene rings is 2. The zero-order valence-corrected chi connectivity index (χ0v) is 55.7. The van der Waals surface area contributed by atoms with E-state index in [2.05, 4.69) is 370 Å². The van der Waals surface area contributed by atoms with E-state index in [1.807, 2.05) is 22.7 Å². The number of hydrogen-bond acceptors (Lipinski definition) is 8. The van der Waals surface area contributed by atoms with Crippen molar-refractivity contribution < 1.29 is 4.74 Å². The first-order chi connectivity index (χ1) is 49.6. The molecule has 0 bridgehead atoms. The average Bonchev–Trinajstić information content (AvgIpc) is 0.790. The monoisotopic (exact) mass is 1310 g/mol. The van der Waals surface area contributed by atoms with Crippen molar-refractivity contribution in [1.82, 2.24) is 0 Å². The molecule has 0 N–H and O–H groups in total. The van der Waals surface area contributed by atoms with Gasteiger partial charge in [0.2, 0.25) is 0 Å². The summed E-state index contributed by atoms with van der Waals surface area (Å²) in [7, 11) is 0. The SMILES string of the molecule is c1ccc(-c2ccccc2N2c3cc4c(cc3B3c5ccccc5N(c5cccc6c5sc5ccccc56)c5cc(N(c6ccccc6)c6ccccc6)cc2c53)B2c3ccccc3Oc3cc(N(c5ccccc5)c5ccccc5)cc(c32)N4c2cccc3c2sc2ccccc23)cc1. The molecule has 2 aromatic heterocycles. The molecule has 21 rings (SSSR count). The van der Waals surface area contributed by atoms with Gasteiger partial charge in [0.15, 0.2) is 0 Å². The summed E-state index contributed by atoms with van der Waals surface area (Å²) in [5, 5.41) is 4.99. The summed E-state index contributed by atoms with van der Waals surface area (Å²) >= 11 is 3.75. The second-order valence-corrected chi connectivity index (χ2v) is 28.3. The van der Waals surface area contributed by atoms with E-state index in [1.54, 1.807) is 0 Å². The fourth-order valence-electron chi connectivity index (χ4n) is 16.7. The Balaban J connectivity index is 0.914. The lowest BCUT2D eigenvalue weighted by Crippen LogP contribution is -2.64. The lowest BCUT2D eigenvalue weighted by Gasteiger charge is -2.47. The molecule has 0 atom stereocenters. The number of anilines is 15. The zero-order valence-electron chi connectivity index (χ0n) is 54.0. The van der Waals surface area contributed by atoms with Gasteiger partial charge in [-0.15, -0.1) is 22.7 Å². The Hall–Kier alpha value is -12.3. The minimum Gasteiger partial charge on any atom is -0.458 e. The standard InChI is InChI=1S/C90H57B2N5OS2/c1-6-28-58(29-7-1)65-38-16-21-45-74(65)95-78-57-79-73(92-71-44-20-23-49-83(71)98-84-55-64(94(61-34-12-4-13-35-61)62-36-14-5-15-37-62)54-82(88(84)92)97(79)77-48-27-42-69-67-40-18-25-51-86(67)100-90(69)77)56-72(78)91-70-43-19-22-46-75(70)96(76-47-26-41-68-66-39-17-24-50-85(66)99-89(68)76)81-53-63(52-80(95)87(81)91)93(59-30-8-2-9-31-59)60-32-10-3-11-33-60/h1-57H. The molecule has 466 valence electrons. The molecule has 0 saturated heterocycles. The van der Waals surface area contributed by atoms with Crippen molar-refractivity contribution in [3.8, 4) is 22.6 Å². The predicted molar refractivity (Wildman–Crippen MR) is 427 cm³/mol. The summed E-state index contributed by atoms with van der Waals surface area (Å²) in [5.74, 6) is 1.69. The Bertz CT molecular complexity index is 6070. The quantitative estimate of drug-likeness (QED) is 0.127. The normalized spacial score (nSPS) is 13.0. The molecule has 15 aromatic carbocycles. The van der Waals surface area contributed by atoms with E-state index in [0.29, 0.717) is 0 Å². The van der Waals surface area contributed by atoms with Crippen molar-refractivity contribution in [3.63, 3.8) is 0 Å². The van der Waals surface area contributed by atoms with Crippen molar-refractivity contribution in [1.29, 1.82) is 0 Å². The molecule has 6 nitrogen and oxygen atoms in total. The maximum atomic E-state index is 7.45. The van der Waals surface area contributed by atoms with Crippen LogP contribution in [0, 0.1) is 0 Å². The van der Waals surface area contributed by atoms with Gasteiger partial charge < -0.3 is 29.2 Å². The first kappa shape index (κ1) is 56.8. The number of hydrogen-bond donors (Lipinski definition) is 0. The summed E-state index contributed by atoms with van der Waals surface area (Å²) in [4.78, 5) is 12.7. The van der Waals surface area contributed by atoms with Gasteiger partial charge in [-0.2, -0.15) is 0 Å². The fraction of sp³-hybridized carbons (Fsp3) is 0. The number of ether oxygens (including phenoxy) is 1. The van der Waals surface area contributed by atoms with Crippen LogP contribution in [-0.4, -0.2) is 13.4 Å². The van der Waals surface area contributed by atoms with Crippen molar-refractivity contribution in [2.45, 2.75) is 0 Å². The van der Waals surface area contributed by atoms with E-state index in [9.17, 15) is 0 Å². The summed E-state index contributed by atoms with van der Waals surface area (Å²) in [6.45, 7) is -0.470. The number of rotatable bonds is 10. The molecule has 0 unspecified atom stereocenters. The molecule has 0 aliphatic carbocycles. The van der Waals surface area contributed by atoms with Crippen LogP contribution in [0.5, 0.6) is 11.5 Å². The van der Waals surface area contributed by atoms with Gasteiger partial charge in [-0.1, -0.05) is 224 Å². The van der Waals surface area contributed by atoms with Gasteiger partial charge in [0.05, 0.1) is 37.8 Å². The highest BCUT2D eigenvalue weighted by atomic mass is 32.1. The third kappa shape index (κ3) is 8.64. The number of nitrogens with zero attached hydrogens (tertiary/aromatic N) is 5. The molecule has 100 heavy (non-hydrogen) atoms. The Morgan fingerprint density at radius 1 is 0.250 bits per heavy atom. The van der Waals surface area contributed by atoms with E-state index in [0.717, 1.165) is 119 Å². The predicted octanol–water partition coefficient (Wildman–Crippen LogP) is 21.5. The third-order valence-electron chi connectivity index (χ3n) is 20.8. The van der Waals surface area contributed by atoms with Crippen LogP contribution in [0.4, 0.5) is 85.3 Å². The molecule has 0 fully saturated rings. The number of fused-ring (bicyclic) bond motifs is 14. The zero-order chi connectivity index (χ0) is 65.5. The fourth-order valence-corrected chi connectivity index (χ4v) is 19.1. The van der Waals surface area contributed by atoms with Crippen LogP contribution in [0.1, 0.15) is 0 Å². The molecule has 0 spiro atoms. The third-order valence-corrected chi connectivity index (χ3v) is 23.2. The average molecular weight is 1310 g/mol. The largest absolute Gasteiger partial charge is 0.458 e. The smallest absolute Gasteiger partial charge is 0.256 e. The molecule has 6 heterocycles. The van der Waals surface area contributed by atoms with Crippen LogP contribution in [-0.2, 0) is 0 Å². The van der Waals surface area contributed by atoms with Crippen molar-refractivity contribution in [2.75, 3.05) is 24.5 Å². The molecular formula is C90H57B2N5OS2. The highest BCUT2D eigenvalue weighted by Crippen LogP contribution is 2.55. The van der Waals surface area contributed by atoms with E-state index in [-0.39, 0.29) is 13.4 Å². The van der Waals surface area contributed by atoms with Crippen LogP contribution >= 0.6 is 22.7 Å². The van der Waals surface area contributed by atoms with Crippen LogP contribution in [0.15, 0.2) is 346 Å². The Morgan fingerprint density at radius 3 is 1.21 bits per heavy atom. The minimum atomic E-state index is -0.237. The molecule has 17 aromatic rings. The highest BCUT2D eigenvalue weighted by molar-refractivity contribution is 7.27. The van der Waals surface area contributed by atoms with E-state index in [4.69, 9.17) is 4.74 Å². The van der Waals surface area contributed by atoms with E-state index >= 15 is 0 Å². The Kier molecular flexibility index (Phi) is 12.9. The van der Waals surface area contributed by atoms with E-state index < -0.39 is 0 Å². The molecule has 10 heteroatoms. The molecular weight excluding hydrogens is 1250 g/mol. The van der Waals surface area contributed by atoms with Crippen LogP contribution in [0.25, 0.3) is 51.5 Å². The maximum absolute atomic E-state index is 7.45. The van der Waals surface area contributed by atoms with Crippen LogP contribution in [0.2, 0.25) is 0 Å². The molecule has 0 saturated carbocycles. The maximum Gasteiger partial charge on any atom is 0.256 e. The summed E-state index contributed by atoms with van der Waals surface area (Å²) in [6.07, 6.45) is 0. The van der Waals surface area contributed by atoms with Gasteiger partial charge in [0.1, 0.15) is 11.5 Å². The van der Waals surface area contributed by atoms with Gasteiger partial charge in [-0.05, 0) is 154 Å². The van der Waals surface area contributed by atoms with Crippen LogP contribution < -0.4 is 62.0 Å². The van der Waals surface area contributed by atoms with Gasteiger partial charge >= 0.3 is 0 Å². The minimum absolute atomic E-state index is 0.233. The summed E-state index contributed by atoms with van der Waals surface area (Å²) in [6, 6.07) is 128. The summed E-state index contributed by atoms with van der Waals surface area (Å²) in [5.41, 5.74) is 25.7. The second-order valence-electron chi connectivity index (χ2n) is 26.2. The van der Waals surface area contributed by atoms with Gasteiger partial charge in [0.25, 0.3) is 13.4 Å². The van der Waals surface area contributed by atoms with Crippen molar-refractivity contribution in [3.05, 3.63) is 346 Å². The molecule has 4 aliphatic rings. The second kappa shape index (κ2) is 22.6. The van der Waals surface area contributed by atoms with Crippen molar-refractivity contribution in [2.24, 2.45) is 0 Å². The Morgan fingerprint density at radius 2 is 0.650 bits per heavy atom. The van der Waals surface area contributed by atoms with Crippen molar-refractivity contribution >= 4 is 195 Å². The first-order valence-electron chi connectivity index (χ1n) is 34.2. The topological polar surface area (TPSA) is 25.4 Å². The molecule has 0 amide bonds. The first-order valence-corrected chi connectivity index (χ1v) is 35.8. The van der Waals surface area contributed by atoms with Crippen LogP contribution in [0.3, 0.4) is 0 Å². The van der Waals surface area contributed by atoms with E-state index in [1.165, 1.54) is 62.2 Å². The number of para-hydroxylation sites is 7. The number of benzene rings is 15.